The van der Waals surface area contributed by atoms with Crippen molar-refractivity contribution >= 4 is 23.4 Å². The third kappa shape index (κ3) is 7.92. The van der Waals surface area contributed by atoms with Crippen molar-refractivity contribution in [2.75, 3.05) is 41.7 Å². The Morgan fingerprint density at radius 1 is 1.12 bits per heavy atom. The number of nitrogens with zero attached hydrogens (tertiary/aromatic N) is 6. The van der Waals surface area contributed by atoms with Crippen molar-refractivity contribution in [1.82, 2.24) is 25.5 Å². The number of phenolic OH excluding ortho intramolecular Hbond substituents is 1. The first-order chi connectivity index (χ1) is 21.0. The van der Waals surface area contributed by atoms with Crippen LogP contribution in [-0.4, -0.2) is 69.7 Å². The molecule has 0 radical (unpaired) electrons. The molecular weight excluding hydrogens is 544 g/mol. The molecule has 0 unspecified atom stereocenters. The van der Waals surface area contributed by atoms with Crippen molar-refractivity contribution in [3.05, 3.63) is 60.6 Å². The average molecular weight is 583 g/mol. The standard InChI is InChI=1S/C32H38N8O3/c1-23-16-19-39(27-22-26(37-38-31(27)33)25-12-7-8-13-28(25)41)20-21-40(23)30-15-18-34-29(36-30)14-9-17-35-32(42)43-24-10-5-3-2-4-6-11-24/h2-3,7-8,12-13,15,18,22-24,41H,4-6,10-11,16-17,19-21H2,1H3,(H2,33,38)(H,35,42)/b3-2-/t23-,24-/m1/s1. The van der Waals surface area contributed by atoms with E-state index < -0.39 is 6.09 Å². The topological polar surface area (TPSA) is 143 Å². The monoisotopic (exact) mass is 582 g/mol. The number of amides is 1. The first-order valence-electron chi connectivity index (χ1n) is 14.8. The maximum absolute atomic E-state index is 12.2. The third-order valence-corrected chi connectivity index (χ3v) is 7.73. The number of hydrogen-bond donors (Lipinski definition) is 3. The minimum Gasteiger partial charge on any atom is -0.507 e. The van der Waals surface area contributed by atoms with Crippen LogP contribution in [0.2, 0.25) is 0 Å². The van der Waals surface area contributed by atoms with E-state index >= 15 is 0 Å². The fourth-order valence-corrected chi connectivity index (χ4v) is 5.35. The van der Waals surface area contributed by atoms with E-state index in [2.05, 4.69) is 61.2 Å². The zero-order valence-corrected chi connectivity index (χ0v) is 24.4. The minimum atomic E-state index is -0.445. The number of benzene rings is 1. The SMILES string of the molecule is C[C@@H]1CCN(c2cc(-c3ccccc3O)nnc2N)CCN1c1ccnc(C#CCNC(=O)O[C@@H]2CC/C=C\CCC2)n1. The Labute approximate surface area is 252 Å². The van der Waals surface area contributed by atoms with E-state index in [0.717, 1.165) is 56.6 Å². The molecule has 2 atom stereocenters. The lowest BCUT2D eigenvalue weighted by atomic mass is 10.0. The van der Waals surface area contributed by atoms with E-state index in [-0.39, 0.29) is 24.4 Å². The predicted octanol–water partition coefficient (Wildman–Crippen LogP) is 4.29. The predicted molar refractivity (Wildman–Crippen MR) is 167 cm³/mol. The van der Waals surface area contributed by atoms with Gasteiger partial charge in [0.2, 0.25) is 5.82 Å². The lowest BCUT2D eigenvalue weighted by molar-refractivity contribution is 0.0873. The van der Waals surface area contributed by atoms with Crippen LogP contribution in [0.5, 0.6) is 5.75 Å². The Morgan fingerprint density at radius 3 is 2.86 bits per heavy atom. The molecule has 43 heavy (non-hydrogen) atoms. The van der Waals surface area contributed by atoms with Gasteiger partial charge in [0.15, 0.2) is 5.82 Å². The van der Waals surface area contributed by atoms with Gasteiger partial charge in [0.05, 0.1) is 17.9 Å². The molecule has 1 saturated heterocycles. The van der Waals surface area contributed by atoms with Gasteiger partial charge in [-0.3, -0.25) is 0 Å². The molecule has 11 heteroatoms. The van der Waals surface area contributed by atoms with Crippen LogP contribution in [0.15, 0.2) is 54.7 Å². The molecule has 0 bridgehead atoms. The highest BCUT2D eigenvalue weighted by Gasteiger charge is 2.24. The number of nitrogen functional groups attached to an aromatic ring is 1. The van der Waals surface area contributed by atoms with Gasteiger partial charge in [0.25, 0.3) is 0 Å². The summed E-state index contributed by atoms with van der Waals surface area (Å²) in [7, 11) is 0. The number of aromatic hydroxyl groups is 1. The van der Waals surface area contributed by atoms with Crippen molar-refractivity contribution in [3.63, 3.8) is 0 Å². The number of carbonyl (C=O) groups excluding carboxylic acids is 1. The summed E-state index contributed by atoms with van der Waals surface area (Å²) in [5.74, 6) is 7.56. The van der Waals surface area contributed by atoms with Crippen LogP contribution in [0.1, 0.15) is 51.3 Å². The number of alkyl carbamates (subject to hydrolysis) is 1. The van der Waals surface area contributed by atoms with Gasteiger partial charge in [-0.2, -0.15) is 0 Å². The number of para-hydroxylation sites is 1. The second kappa shape index (κ2) is 14.4. The molecular formula is C32H38N8O3. The lowest BCUT2D eigenvalue weighted by Crippen LogP contribution is -2.35. The van der Waals surface area contributed by atoms with E-state index in [0.29, 0.717) is 36.0 Å². The molecule has 2 aliphatic rings. The van der Waals surface area contributed by atoms with Gasteiger partial charge >= 0.3 is 6.09 Å². The highest BCUT2D eigenvalue weighted by molar-refractivity contribution is 5.74. The molecule has 1 aliphatic heterocycles. The number of hydrogen-bond acceptors (Lipinski definition) is 10. The molecule has 1 amide bonds. The number of rotatable bonds is 5. The van der Waals surface area contributed by atoms with Gasteiger partial charge in [-0.25, -0.2) is 14.8 Å². The van der Waals surface area contributed by atoms with Crippen molar-refractivity contribution in [2.45, 2.75) is 57.6 Å². The highest BCUT2D eigenvalue weighted by Crippen LogP contribution is 2.32. The number of nitrogens with one attached hydrogen (secondary N) is 1. The van der Waals surface area contributed by atoms with Crippen LogP contribution < -0.4 is 20.9 Å². The minimum absolute atomic E-state index is 0.0602. The van der Waals surface area contributed by atoms with Crippen LogP contribution >= 0.6 is 0 Å². The second-order valence-electron chi connectivity index (χ2n) is 10.7. The summed E-state index contributed by atoms with van der Waals surface area (Å²) in [6.07, 6.45) is 11.1. The summed E-state index contributed by atoms with van der Waals surface area (Å²) in [5.41, 5.74) is 8.22. The molecule has 0 saturated carbocycles. The first-order valence-corrected chi connectivity index (χ1v) is 14.8. The van der Waals surface area contributed by atoms with Crippen LogP contribution in [0.4, 0.5) is 22.1 Å². The van der Waals surface area contributed by atoms with E-state index in [1.807, 2.05) is 18.2 Å². The Bertz CT molecular complexity index is 1500. The largest absolute Gasteiger partial charge is 0.507 e. The van der Waals surface area contributed by atoms with Crippen LogP contribution in [0, 0.1) is 11.8 Å². The lowest BCUT2D eigenvalue weighted by Gasteiger charge is -2.28. The molecule has 5 rings (SSSR count). The van der Waals surface area contributed by atoms with Crippen molar-refractivity contribution < 1.29 is 14.6 Å². The number of nitrogens with two attached hydrogens (primary N) is 1. The fraction of sp³-hybridized carbons (Fsp3) is 0.406. The van der Waals surface area contributed by atoms with Gasteiger partial charge in [-0.05, 0) is 75.6 Å². The van der Waals surface area contributed by atoms with Gasteiger partial charge in [0.1, 0.15) is 17.7 Å². The molecule has 2 aromatic heterocycles. The van der Waals surface area contributed by atoms with Crippen molar-refractivity contribution in [2.24, 2.45) is 0 Å². The molecule has 1 aliphatic carbocycles. The van der Waals surface area contributed by atoms with Crippen LogP contribution in [0.25, 0.3) is 11.3 Å². The van der Waals surface area contributed by atoms with Gasteiger partial charge in [-0.1, -0.05) is 30.2 Å². The molecule has 11 nitrogen and oxygen atoms in total. The smallest absolute Gasteiger partial charge is 0.408 e. The zero-order valence-electron chi connectivity index (χ0n) is 24.4. The fourth-order valence-electron chi connectivity index (χ4n) is 5.35. The normalized spacial score (nSPS) is 19.7. The van der Waals surface area contributed by atoms with Gasteiger partial charge < -0.3 is 30.7 Å². The number of anilines is 3. The van der Waals surface area contributed by atoms with Gasteiger partial charge in [0, 0.05) is 37.4 Å². The van der Waals surface area contributed by atoms with Crippen molar-refractivity contribution in [1.29, 1.82) is 0 Å². The summed E-state index contributed by atoms with van der Waals surface area (Å²) in [6.45, 7) is 4.47. The number of aromatic nitrogens is 4. The number of carbonyl (C=O) groups is 1. The molecule has 1 fully saturated rings. The Kier molecular flexibility index (Phi) is 9.90. The maximum Gasteiger partial charge on any atom is 0.408 e. The Hall–Kier alpha value is -4.85. The summed E-state index contributed by atoms with van der Waals surface area (Å²) in [6, 6.07) is 11.0. The molecule has 0 spiro atoms. The number of ether oxygens (including phenoxy) is 1. The molecule has 1 aromatic carbocycles. The number of allylic oxidation sites excluding steroid dienone is 2. The maximum atomic E-state index is 12.2. The summed E-state index contributed by atoms with van der Waals surface area (Å²) < 4.78 is 5.56. The van der Waals surface area contributed by atoms with E-state index in [9.17, 15) is 9.90 Å². The third-order valence-electron chi connectivity index (χ3n) is 7.73. The van der Waals surface area contributed by atoms with E-state index in [1.54, 1.807) is 24.4 Å². The van der Waals surface area contributed by atoms with Crippen LogP contribution in [0.3, 0.4) is 0 Å². The molecule has 224 valence electrons. The second-order valence-corrected chi connectivity index (χ2v) is 10.7. The summed E-state index contributed by atoms with van der Waals surface area (Å²) in [5, 5.41) is 21.4. The Morgan fingerprint density at radius 2 is 1.98 bits per heavy atom. The molecule has 4 N–H and O–H groups in total. The van der Waals surface area contributed by atoms with E-state index in [1.165, 1.54) is 0 Å². The first kappa shape index (κ1) is 29.6. The summed E-state index contributed by atoms with van der Waals surface area (Å²) >= 11 is 0. The highest BCUT2D eigenvalue weighted by atomic mass is 16.6. The molecule has 3 aromatic rings. The number of phenols is 1. The zero-order chi connectivity index (χ0) is 30.0. The summed E-state index contributed by atoms with van der Waals surface area (Å²) in [4.78, 5) is 25.7. The van der Waals surface area contributed by atoms with Crippen LogP contribution in [-0.2, 0) is 4.74 Å². The van der Waals surface area contributed by atoms with E-state index in [4.69, 9.17) is 15.5 Å². The quantitative estimate of drug-likeness (QED) is 0.294. The molecule has 3 heterocycles. The van der Waals surface area contributed by atoms with Crippen molar-refractivity contribution in [3.8, 4) is 28.8 Å². The average Bonchev–Trinajstić information content (AvgIpc) is 3.19. The van der Waals surface area contributed by atoms with Gasteiger partial charge in [-0.15, -0.1) is 10.2 Å². The Balaban J connectivity index is 1.19.